The van der Waals surface area contributed by atoms with E-state index < -0.39 is 10.0 Å². The topological polar surface area (TPSA) is 63.5 Å². The van der Waals surface area contributed by atoms with Gasteiger partial charge in [-0.15, -0.1) is 11.3 Å². The Bertz CT molecular complexity index is 833. The monoisotopic (exact) mass is 293 g/mol. The molecule has 19 heavy (non-hydrogen) atoms. The zero-order valence-electron chi connectivity index (χ0n) is 10.1. The Morgan fingerprint density at radius 3 is 2.84 bits per heavy atom. The van der Waals surface area contributed by atoms with Crippen LogP contribution in [0.1, 0.15) is 4.88 Å². The van der Waals surface area contributed by atoms with Gasteiger partial charge in [0.25, 0.3) is 10.0 Å². The van der Waals surface area contributed by atoms with Crippen molar-refractivity contribution in [2.45, 2.75) is 11.1 Å². The molecule has 7 heteroatoms. The standard InChI is InChI=1S/C12H11N3O2S2/c1-9-2-5-12(18-9)19(16,17)14-10-3-4-11-13-6-7-15(11)8-10/h2-8,14H,1H3. The summed E-state index contributed by atoms with van der Waals surface area (Å²) in [7, 11) is -3.51. The molecule has 5 nitrogen and oxygen atoms in total. The smallest absolute Gasteiger partial charge is 0.271 e. The molecule has 0 fully saturated rings. The van der Waals surface area contributed by atoms with Crippen molar-refractivity contribution in [3.8, 4) is 0 Å². The van der Waals surface area contributed by atoms with Crippen molar-refractivity contribution >= 4 is 32.7 Å². The molecular weight excluding hydrogens is 282 g/mol. The molecule has 1 N–H and O–H groups in total. The Hall–Kier alpha value is -1.86. The van der Waals surface area contributed by atoms with Crippen LogP contribution in [0.15, 0.2) is 47.1 Å². The van der Waals surface area contributed by atoms with Gasteiger partial charge in [-0.1, -0.05) is 0 Å². The molecule has 3 aromatic rings. The molecule has 0 unspecified atom stereocenters. The number of sulfonamides is 1. The number of thiophene rings is 1. The first-order chi connectivity index (χ1) is 9.04. The first kappa shape index (κ1) is 12.2. The largest absolute Gasteiger partial charge is 0.305 e. The summed E-state index contributed by atoms with van der Waals surface area (Å²) in [5.41, 5.74) is 1.28. The maximum atomic E-state index is 12.2. The number of hydrogen-bond acceptors (Lipinski definition) is 4. The lowest BCUT2D eigenvalue weighted by molar-refractivity contribution is 0.603. The van der Waals surface area contributed by atoms with Crippen LogP contribution in [0.5, 0.6) is 0 Å². The van der Waals surface area contributed by atoms with Crippen LogP contribution in [-0.4, -0.2) is 17.8 Å². The second-order valence-corrected chi connectivity index (χ2v) is 7.28. The molecule has 0 saturated carbocycles. The Morgan fingerprint density at radius 1 is 1.26 bits per heavy atom. The van der Waals surface area contributed by atoms with E-state index >= 15 is 0 Å². The minimum Gasteiger partial charge on any atom is -0.305 e. The van der Waals surface area contributed by atoms with E-state index in [-0.39, 0.29) is 0 Å². The average molecular weight is 293 g/mol. The van der Waals surface area contributed by atoms with E-state index in [1.807, 2.05) is 6.92 Å². The van der Waals surface area contributed by atoms with Crippen LogP contribution in [-0.2, 0) is 10.0 Å². The van der Waals surface area contributed by atoms with Crippen LogP contribution >= 0.6 is 11.3 Å². The lowest BCUT2D eigenvalue weighted by Gasteiger charge is -2.06. The van der Waals surface area contributed by atoms with Crippen molar-refractivity contribution in [2.75, 3.05) is 4.72 Å². The predicted octanol–water partition coefficient (Wildman–Crippen LogP) is 2.51. The zero-order chi connectivity index (χ0) is 13.5. The van der Waals surface area contributed by atoms with Crippen molar-refractivity contribution < 1.29 is 8.42 Å². The van der Waals surface area contributed by atoms with Crippen molar-refractivity contribution in [1.82, 2.24) is 9.38 Å². The molecule has 0 aliphatic rings. The minimum atomic E-state index is -3.51. The molecule has 0 aliphatic heterocycles. The van der Waals surface area contributed by atoms with Gasteiger partial charge in [-0.25, -0.2) is 13.4 Å². The maximum Gasteiger partial charge on any atom is 0.271 e. The van der Waals surface area contributed by atoms with E-state index in [9.17, 15) is 8.42 Å². The summed E-state index contributed by atoms with van der Waals surface area (Å²) in [5.74, 6) is 0. The SMILES string of the molecule is Cc1ccc(S(=O)(=O)Nc2ccc3nccn3c2)s1. The van der Waals surface area contributed by atoms with Crippen LogP contribution in [0, 0.1) is 6.92 Å². The molecule has 0 aliphatic carbocycles. The van der Waals surface area contributed by atoms with E-state index in [1.54, 1.807) is 47.3 Å². The molecule has 3 heterocycles. The summed E-state index contributed by atoms with van der Waals surface area (Å²) in [5, 5.41) is 0. The summed E-state index contributed by atoms with van der Waals surface area (Å²) in [6, 6.07) is 6.86. The van der Waals surface area contributed by atoms with Gasteiger partial charge in [-0.2, -0.15) is 0 Å². The quantitative estimate of drug-likeness (QED) is 0.807. The first-order valence-corrected chi connectivity index (χ1v) is 7.86. The molecule has 0 spiro atoms. The van der Waals surface area contributed by atoms with Gasteiger partial charge in [0.15, 0.2) is 0 Å². The highest BCUT2D eigenvalue weighted by Gasteiger charge is 2.16. The van der Waals surface area contributed by atoms with E-state index in [4.69, 9.17) is 0 Å². The predicted molar refractivity (Wildman–Crippen MR) is 75.1 cm³/mol. The highest BCUT2D eigenvalue weighted by molar-refractivity contribution is 7.94. The third kappa shape index (κ3) is 2.34. The number of imidazole rings is 1. The highest BCUT2D eigenvalue weighted by Crippen LogP contribution is 2.23. The van der Waals surface area contributed by atoms with E-state index in [0.29, 0.717) is 9.90 Å². The van der Waals surface area contributed by atoms with Crippen molar-refractivity contribution in [1.29, 1.82) is 0 Å². The number of aryl methyl sites for hydroxylation is 1. The van der Waals surface area contributed by atoms with E-state index in [0.717, 1.165) is 10.5 Å². The lowest BCUT2D eigenvalue weighted by atomic mass is 10.4. The molecule has 0 radical (unpaired) electrons. The average Bonchev–Trinajstić information content (AvgIpc) is 2.96. The first-order valence-electron chi connectivity index (χ1n) is 5.57. The normalized spacial score (nSPS) is 11.8. The highest BCUT2D eigenvalue weighted by atomic mass is 32.2. The number of hydrogen-bond donors (Lipinski definition) is 1. The number of fused-ring (bicyclic) bond motifs is 1. The second kappa shape index (κ2) is 4.36. The summed E-state index contributed by atoms with van der Waals surface area (Å²) < 4.78 is 29.0. The molecule has 3 aromatic heterocycles. The third-order valence-electron chi connectivity index (χ3n) is 2.62. The molecular formula is C12H11N3O2S2. The molecule has 0 amide bonds. The van der Waals surface area contributed by atoms with Gasteiger partial charge in [0, 0.05) is 23.5 Å². The minimum absolute atomic E-state index is 0.315. The van der Waals surface area contributed by atoms with Gasteiger partial charge in [-0.3, -0.25) is 4.72 Å². The number of rotatable bonds is 3. The van der Waals surface area contributed by atoms with Crippen LogP contribution in [0.25, 0.3) is 5.65 Å². The van der Waals surface area contributed by atoms with Gasteiger partial charge in [0.05, 0.1) is 5.69 Å². The fraction of sp³-hybridized carbons (Fsp3) is 0.0833. The second-order valence-electron chi connectivity index (χ2n) is 4.08. The molecule has 0 aromatic carbocycles. The molecule has 0 atom stereocenters. The Labute approximate surface area is 114 Å². The molecule has 98 valence electrons. The Morgan fingerprint density at radius 2 is 2.11 bits per heavy atom. The fourth-order valence-electron chi connectivity index (χ4n) is 1.74. The number of anilines is 1. The molecule has 3 rings (SSSR count). The van der Waals surface area contributed by atoms with Gasteiger partial charge < -0.3 is 4.40 Å². The lowest BCUT2D eigenvalue weighted by Crippen LogP contribution is -2.11. The van der Waals surface area contributed by atoms with Gasteiger partial charge in [0.2, 0.25) is 0 Å². The maximum absolute atomic E-state index is 12.2. The zero-order valence-corrected chi connectivity index (χ0v) is 11.7. The number of nitrogens with one attached hydrogen (secondary N) is 1. The van der Waals surface area contributed by atoms with Crippen LogP contribution in [0.4, 0.5) is 5.69 Å². The van der Waals surface area contributed by atoms with Gasteiger partial charge >= 0.3 is 0 Å². The summed E-state index contributed by atoms with van der Waals surface area (Å²) in [4.78, 5) is 5.07. The van der Waals surface area contributed by atoms with Crippen LogP contribution in [0.3, 0.4) is 0 Å². The van der Waals surface area contributed by atoms with E-state index in [1.165, 1.54) is 11.3 Å². The Balaban J connectivity index is 1.95. The van der Waals surface area contributed by atoms with Crippen molar-refractivity contribution in [3.05, 3.63) is 47.7 Å². The molecule has 0 bridgehead atoms. The van der Waals surface area contributed by atoms with Crippen LogP contribution in [0.2, 0.25) is 0 Å². The Kier molecular flexibility index (Phi) is 2.79. The number of pyridine rings is 1. The summed E-state index contributed by atoms with van der Waals surface area (Å²) in [6.45, 7) is 1.88. The van der Waals surface area contributed by atoms with Crippen molar-refractivity contribution in [3.63, 3.8) is 0 Å². The van der Waals surface area contributed by atoms with Crippen LogP contribution < -0.4 is 4.72 Å². The van der Waals surface area contributed by atoms with E-state index in [2.05, 4.69) is 9.71 Å². The molecule has 0 saturated heterocycles. The van der Waals surface area contributed by atoms with Crippen molar-refractivity contribution in [2.24, 2.45) is 0 Å². The number of aromatic nitrogens is 2. The number of nitrogens with zero attached hydrogens (tertiary/aromatic N) is 2. The summed E-state index contributed by atoms with van der Waals surface area (Å²) >= 11 is 1.25. The van der Waals surface area contributed by atoms with Gasteiger partial charge in [0.1, 0.15) is 9.86 Å². The van der Waals surface area contributed by atoms with Gasteiger partial charge in [-0.05, 0) is 31.2 Å². The third-order valence-corrected chi connectivity index (χ3v) is 5.50. The summed E-state index contributed by atoms with van der Waals surface area (Å²) in [6.07, 6.45) is 5.12. The fourth-order valence-corrected chi connectivity index (χ4v) is 4.07.